The Hall–Kier alpha value is -3.10. The van der Waals surface area contributed by atoms with E-state index < -0.39 is 11.9 Å². The lowest BCUT2D eigenvalue weighted by atomic mass is 10.1. The molecule has 0 fully saturated rings. The van der Waals surface area contributed by atoms with E-state index in [0.717, 1.165) is 0 Å². The molecule has 0 bridgehead atoms. The lowest BCUT2D eigenvalue weighted by Gasteiger charge is -2.03. The van der Waals surface area contributed by atoms with Gasteiger partial charge in [-0.3, -0.25) is 4.79 Å². The number of hydrogen-bond acceptors (Lipinski definition) is 5. The van der Waals surface area contributed by atoms with Crippen LogP contribution in [0.15, 0.2) is 62.5 Å². The lowest BCUT2D eigenvalue weighted by Crippen LogP contribution is -2.17. The van der Waals surface area contributed by atoms with Crippen molar-refractivity contribution in [1.29, 1.82) is 0 Å². The van der Waals surface area contributed by atoms with Crippen LogP contribution in [-0.2, 0) is 0 Å². The summed E-state index contributed by atoms with van der Waals surface area (Å²) in [4.78, 5) is 23.2. The van der Waals surface area contributed by atoms with Gasteiger partial charge in [0.15, 0.2) is 0 Å². The fraction of sp³-hybridized carbons (Fsp3) is 0. The summed E-state index contributed by atoms with van der Waals surface area (Å²) in [5.41, 5.74) is 2.85. The number of furan rings is 1. The third-order valence-corrected chi connectivity index (χ3v) is 4.49. The molecule has 0 aliphatic rings. The molecule has 1 aromatic heterocycles. The SMILES string of the molecule is O=C(N/N=C/c1ccc(-c2ccc(Cl)c(C(=O)O)c2)o1)c1cc(Br)ccc1O. The number of rotatable bonds is 5. The largest absolute Gasteiger partial charge is 0.507 e. The van der Waals surface area contributed by atoms with Gasteiger partial charge >= 0.3 is 5.97 Å². The number of phenolic OH excluding ortho intramolecular Hbond substituents is 1. The molecule has 9 heteroatoms. The quantitative estimate of drug-likeness (QED) is 0.380. The van der Waals surface area contributed by atoms with Crippen molar-refractivity contribution < 1.29 is 24.2 Å². The number of benzene rings is 2. The Bertz CT molecular complexity index is 1090. The van der Waals surface area contributed by atoms with Crippen molar-refractivity contribution in [3.05, 3.63) is 74.9 Å². The summed E-state index contributed by atoms with van der Waals surface area (Å²) < 4.78 is 6.22. The molecular formula is C19H12BrClN2O5. The number of phenols is 1. The Morgan fingerprint density at radius 1 is 1.11 bits per heavy atom. The Morgan fingerprint density at radius 2 is 1.89 bits per heavy atom. The fourth-order valence-corrected chi connectivity index (χ4v) is 2.88. The Balaban J connectivity index is 1.73. The molecule has 0 saturated carbocycles. The van der Waals surface area contributed by atoms with Gasteiger partial charge < -0.3 is 14.6 Å². The van der Waals surface area contributed by atoms with Crippen LogP contribution >= 0.6 is 27.5 Å². The van der Waals surface area contributed by atoms with Crippen molar-refractivity contribution in [3.63, 3.8) is 0 Å². The molecule has 3 aromatic rings. The number of hydrogen-bond donors (Lipinski definition) is 3. The topological polar surface area (TPSA) is 112 Å². The highest BCUT2D eigenvalue weighted by Crippen LogP contribution is 2.26. The van der Waals surface area contributed by atoms with Crippen LogP contribution in [0.5, 0.6) is 5.75 Å². The third kappa shape index (κ3) is 4.41. The predicted octanol–water partition coefficient (Wildman–Crippen LogP) is 4.53. The highest BCUT2D eigenvalue weighted by Gasteiger charge is 2.13. The number of nitrogens with one attached hydrogen (secondary N) is 1. The number of carbonyl (C=O) groups is 2. The van der Waals surface area contributed by atoms with E-state index in [0.29, 0.717) is 21.6 Å². The number of halogens is 2. The van der Waals surface area contributed by atoms with E-state index in [4.69, 9.17) is 21.1 Å². The zero-order valence-corrected chi connectivity index (χ0v) is 16.4. The molecule has 3 rings (SSSR count). The van der Waals surface area contributed by atoms with Gasteiger partial charge in [-0.25, -0.2) is 10.2 Å². The summed E-state index contributed by atoms with van der Waals surface area (Å²) in [6.45, 7) is 0. The van der Waals surface area contributed by atoms with Crippen LogP contribution in [-0.4, -0.2) is 28.3 Å². The molecule has 0 radical (unpaired) electrons. The Kier molecular flexibility index (Phi) is 5.81. The number of amides is 1. The molecular weight excluding hydrogens is 452 g/mol. The van der Waals surface area contributed by atoms with Crippen LogP contribution in [0.4, 0.5) is 0 Å². The van der Waals surface area contributed by atoms with E-state index in [-0.39, 0.29) is 21.9 Å². The van der Waals surface area contributed by atoms with Gasteiger partial charge in [-0.15, -0.1) is 0 Å². The molecule has 0 aliphatic carbocycles. The van der Waals surface area contributed by atoms with E-state index in [2.05, 4.69) is 26.5 Å². The maximum atomic E-state index is 12.1. The number of aromatic hydroxyl groups is 1. The van der Waals surface area contributed by atoms with E-state index >= 15 is 0 Å². The predicted molar refractivity (Wildman–Crippen MR) is 107 cm³/mol. The maximum Gasteiger partial charge on any atom is 0.337 e. The second kappa shape index (κ2) is 8.28. The van der Waals surface area contributed by atoms with E-state index in [1.165, 1.54) is 30.5 Å². The van der Waals surface area contributed by atoms with Crippen molar-refractivity contribution in [2.45, 2.75) is 0 Å². The Labute approximate surface area is 172 Å². The smallest absolute Gasteiger partial charge is 0.337 e. The third-order valence-electron chi connectivity index (χ3n) is 3.67. The zero-order chi connectivity index (χ0) is 20.3. The first kappa shape index (κ1) is 19.7. The molecule has 7 nitrogen and oxygen atoms in total. The molecule has 2 aromatic carbocycles. The second-order valence-corrected chi connectivity index (χ2v) is 6.89. The summed E-state index contributed by atoms with van der Waals surface area (Å²) in [5, 5.41) is 22.8. The number of carboxylic acid groups (broad SMARTS) is 1. The highest BCUT2D eigenvalue weighted by molar-refractivity contribution is 9.10. The number of aromatic carboxylic acids is 1. The first-order chi connectivity index (χ1) is 13.3. The first-order valence-corrected chi connectivity index (χ1v) is 8.97. The number of carboxylic acids is 1. The van der Waals surface area contributed by atoms with Crippen molar-refractivity contribution in [2.75, 3.05) is 0 Å². The van der Waals surface area contributed by atoms with Gasteiger partial charge in [0.1, 0.15) is 17.3 Å². The first-order valence-electron chi connectivity index (χ1n) is 7.80. The van der Waals surface area contributed by atoms with Crippen molar-refractivity contribution in [1.82, 2.24) is 5.43 Å². The molecule has 1 amide bonds. The maximum absolute atomic E-state index is 12.1. The van der Waals surface area contributed by atoms with Gasteiger partial charge in [-0.2, -0.15) is 5.10 Å². The highest BCUT2D eigenvalue weighted by atomic mass is 79.9. The second-order valence-electron chi connectivity index (χ2n) is 5.56. The summed E-state index contributed by atoms with van der Waals surface area (Å²) in [7, 11) is 0. The molecule has 0 spiro atoms. The van der Waals surface area contributed by atoms with Crippen LogP contribution < -0.4 is 5.43 Å². The van der Waals surface area contributed by atoms with Gasteiger partial charge in [0, 0.05) is 10.0 Å². The molecule has 1 heterocycles. The summed E-state index contributed by atoms with van der Waals surface area (Å²) >= 11 is 9.08. The van der Waals surface area contributed by atoms with Gasteiger partial charge in [0.2, 0.25) is 0 Å². The van der Waals surface area contributed by atoms with E-state index in [1.807, 2.05) is 0 Å². The molecule has 0 atom stereocenters. The molecule has 0 saturated heterocycles. The molecule has 28 heavy (non-hydrogen) atoms. The average Bonchev–Trinajstić information content (AvgIpc) is 3.12. The summed E-state index contributed by atoms with van der Waals surface area (Å²) in [6.07, 6.45) is 1.28. The molecule has 0 aliphatic heterocycles. The van der Waals surface area contributed by atoms with E-state index in [9.17, 15) is 14.7 Å². The van der Waals surface area contributed by atoms with Crippen molar-refractivity contribution in [2.24, 2.45) is 5.10 Å². The number of nitrogens with zero attached hydrogens (tertiary/aromatic N) is 1. The fourth-order valence-electron chi connectivity index (χ4n) is 2.32. The summed E-state index contributed by atoms with van der Waals surface area (Å²) in [5.74, 6) is -1.16. The molecule has 0 unspecified atom stereocenters. The minimum Gasteiger partial charge on any atom is -0.507 e. The van der Waals surface area contributed by atoms with Gasteiger partial charge in [0.05, 0.1) is 22.4 Å². The summed E-state index contributed by atoms with van der Waals surface area (Å²) in [6, 6.07) is 12.2. The number of carbonyl (C=O) groups excluding carboxylic acids is 1. The van der Waals surface area contributed by atoms with Crippen molar-refractivity contribution >= 4 is 45.6 Å². The van der Waals surface area contributed by atoms with Crippen LogP contribution in [0.25, 0.3) is 11.3 Å². The monoisotopic (exact) mass is 462 g/mol. The molecule has 3 N–H and O–H groups in total. The van der Waals surface area contributed by atoms with Gasteiger partial charge in [0.25, 0.3) is 5.91 Å². The van der Waals surface area contributed by atoms with Gasteiger partial charge in [-0.05, 0) is 48.5 Å². The van der Waals surface area contributed by atoms with Gasteiger partial charge in [-0.1, -0.05) is 27.5 Å². The Morgan fingerprint density at radius 3 is 2.64 bits per heavy atom. The van der Waals surface area contributed by atoms with E-state index in [1.54, 1.807) is 24.3 Å². The average molecular weight is 464 g/mol. The lowest BCUT2D eigenvalue weighted by molar-refractivity contribution is 0.0696. The van der Waals surface area contributed by atoms with Crippen LogP contribution in [0.3, 0.4) is 0 Å². The van der Waals surface area contributed by atoms with Crippen LogP contribution in [0.2, 0.25) is 5.02 Å². The standard InChI is InChI=1S/C19H12BrClN2O5/c20-11-2-5-16(24)14(8-11)18(25)23-22-9-12-3-6-17(28-12)10-1-4-15(21)13(7-10)19(26)27/h1-9,24H,(H,23,25)(H,26,27)/b22-9+. The number of hydrazone groups is 1. The normalized spacial score (nSPS) is 10.9. The minimum absolute atomic E-state index is 0.0353. The van der Waals surface area contributed by atoms with Crippen molar-refractivity contribution in [3.8, 4) is 17.1 Å². The minimum atomic E-state index is -1.14. The van der Waals surface area contributed by atoms with Crippen LogP contribution in [0.1, 0.15) is 26.5 Å². The molecule has 142 valence electrons. The van der Waals surface area contributed by atoms with Crippen LogP contribution in [0, 0.1) is 0 Å². The zero-order valence-electron chi connectivity index (χ0n) is 14.0.